The van der Waals surface area contributed by atoms with Gasteiger partial charge in [0.25, 0.3) is 0 Å². The molecule has 2 aromatic rings. The largest absolute Gasteiger partial charge is 0.311 e. The summed E-state index contributed by atoms with van der Waals surface area (Å²) >= 11 is 0. The third kappa shape index (κ3) is 4.63. The van der Waals surface area contributed by atoms with Crippen LogP contribution in [0.5, 0.6) is 0 Å². The predicted molar refractivity (Wildman–Crippen MR) is 85.8 cm³/mol. The SMILES string of the molecule is CC.CN[C@H](C=O)Cc1ccc(-c2ccccc2)cc1. The molecule has 0 aliphatic rings. The lowest BCUT2D eigenvalue weighted by Crippen LogP contribution is -2.28. The van der Waals surface area contributed by atoms with Crippen LogP contribution in [0, 0.1) is 0 Å². The van der Waals surface area contributed by atoms with Gasteiger partial charge in [-0.05, 0) is 30.2 Å². The summed E-state index contributed by atoms with van der Waals surface area (Å²) in [6.45, 7) is 4.00. The first-order chi connectivity index (χ1) is 9.83. The second-order valence-electron chi connectivity index (χ2n) is 4.30. The Hall–Kier alpha value is -1.93. The molecule has 0 fully saturated rings. The second-order valence-corrected chi connectivity index (χ2v) is 4.30. The quantitative estimate of drug-likeness (QED) is 0.838. The van der Waals surface area contributed by atoms with Gasteiger partial charge in [-0.3, -0.25) is 0 Å². The Morgan fingerprint density at radius 2 is 1.50 bits per heavy atom. The summed E-state index contributed by atoms with van der Waals surface area (Å²) in [5.74, 6) is 0. The zero-order valence-corrected chi connectivity index (χ0v) is 12.5. The van der Waals surface area contributed by atoms with Crippen LogP contribution in [-0.2, 0) is 11.2 Å². The third-order valence-electron chi connectivity index (χ3n) is 3.05. The highest BCUT2D eigenvalue weighted by Crippen LogP contribution is 2.19. The number of nitrogens with one attached hydrogen (secondary N) is 1. The Balaban J connectivity index is 0.000000956. The normalized spacial score (nSPS) is 11.2. The maximum atomic E-state index is 10.8. The van der Waals surface area contributed by atoms with Gasteiger partial charge in [0.2, 0.25) is 0 Å². The third-order valence-corrected chi connectivity index (χ3v) is 3.05. The van der Waals surface area contributed by atoms with Crippen molar-refractivity contribution in [2.45, 2.75) is 26.3 Å². The van der Waals surface area contributed by atoms with Crippen LogP contribution in [0.1, 0.15) is 19.4 Å². The molecular formula is C18H23NO. The molecule has 1 atom stereocenters. The average Bonchev–Trinajstić information content (AvgIpc) is 2.56. The van der Waals surface area contributed by atoms with E-state index < -0.39 is 0 Å². The Kier molecular flexibility index (Phi) is 7.30. The number of benzene rings is 2. The van der Waals surface area contributed by atoms with Gasteiger partial charge in [0, 0.05) is 0 Å². The van der Waals surface area contributed by atoms with Gasteiger partial charge in [0.05, 0.1) is 6.04 Å². The van der Waals surface area contributed by atoms with Gasteiger partial charge >= 0.3 is 0 Å². The van der Waals surface area contributed by atoms with E-state index >= 15 is 0 Å². The lowest BCUT2D eigenvalue weighted by atomic mass is 10.0. The molecule has 106 valence electrons. The molecule has 2 nitrogen and oxygen atoms in total. The molecule has 0 saturated carbocycles. The fourth-order valence-electron chi connectivity index (χ4n) is 1.94. The van der Waals surface area contributed by atoms with Gasteiger partial charge in [-0.15, -0.1) is 0 Å². The first-order valence-corrected chi connectivity index (χ1v) is 7.10. The number of carbonyl (C=O) groups excluding carboxylic acids is 1. The van der Waals surface area contributed by atoms with Crippen molar-refractivity contribution < 1.29 is 4.79 Å². The van der Waals surface area contributed by atoms with Gasteiger partial charge in [0.15, 0.2) is 0 Å². The van der Waals surface area contributed by atoms with Crippen LogP contribution in [0.3, 0.4) is 0 Å². The van der Waals surface area contributed by atoms with E-state index in [9.17, 15) is 4.79 Å². The number of carbonyl (C=O) groups is 1. The first-order valence-electron chi connectivity index (χ1n) is 7.10. The van der Waals surface area contributed by atoms with Crippen molar-refractivity contribution in [1.29, 1.82) is 0 Å². The molecule has 0 aromatic heterocycles. The van der Waals surface area contributed by atoms with E-state index in [1.807, 2.05) is 32.0 Å². The highest BCUT2D eigenvalue weighted by Gasteiger charge is 2.05. The zero-order valence-electron chi connectivity index (χ0n) is 12.5. The zero-order chi connectivity index (χ0) is 14.8. The van der Waals surface area contributed by atoms with E-state index in [0.29, 0.717) is 0 Å². The van der Waals surface area contributed by atoms with Crippen LogP contribution in [0.25, 0.3) is 11.1 Å². The minimum atomic E-state index is -0.104. The van der Waals surface area contributed by atoms with Gasteiger partial charge in [0.1, 0.15) is 6.29 Å². The van der Waals surface area contributed by atoms with Crippen molar-refractivity contribution in [2.75, 3.05) is 7.05 Å². The number of aldehydes is 1. The van der Waals surface area contributed by atoms with Crippen LogP contribution in [0.15, 0.2) is 54.6 Å². The molecule has 1 N–H and O–H groups in total. The lowest BCUT2D eigenvalue weighted by Gasteiger charge is -2.09. The molecule has 0 bridgehead atoms. The van der Waals surface area contributed by atoms with Crippen molar-refractivity contribution >= 4 is 6.29 Å². The highest BCUT2D eigenvalue weighted by molar-refractivity contribution is 5.64. The molecule has 2 aromatic carbocycles. The summed E-state index contributed by atoms with van der Waals surface area (Å²) in [7, 11) is 1.80. The molecule has 2 rings (SSSR count). The molecule has 0 radical (unpaired) electrons. The summed E-state index contributed by atoms with van der Waals surface area (Å²) in [6.07, 6.45) is 1.68. The highest BCUT2D eigenvalue weighted by atomic mass is 16.1. The summed E-state index contributed by atoms with van der Waals surface area (Å²) in [5.41, 5.74) is 3.58. The Morgan fingerprint density at radius 1 is 0.950 bits per heavy atom. The Morgan fingerprint density at radius 3 is 2.00 bits per heavy atom. The van der Waals surface area contributed by atoms with Crippen LogP contribution >= 0.6 is 0 Å². The molecule has 0 aliphatic carbocycles. The maximum Gasteiger partial charge on any atom is 0.137 e. The topological polar surface area (TPSA) is 29.1 Å². The van der Waals surface area contributed by atoms with Gasteiger partial charge < -0.3 is 10.1 Å². The van der Waals surface area contributed by atoms with E-state index in [-0.39, 0.29) is 6.04 Å². The molecule has 0 spiro atoms. The van der Waals surface area contributed by atoms with Crippen LogP contribution in [0.2, 0.25) is 0 Å². The summed E-state index contributed by atoms with van der Waals surface area (Å²) < 4.78 is 0. The number of hydrogen-bond donors (Lipinski definition) is 1. The number of rotatable bonds is 5. The van der Waals surface area contributed by atoms with Gasteiger partial charge in [-0.2, -0.15) is 0 Å². The molecule has 0 aliphatic heterocycles. The molecule has 0 heterocycles. The van der Waals surface area contributed by atoms with Crippen molar-refractivity contribution in [3.8, 4) is 11.1 Å². The smallest absolute Gasteiger partial charge is 0.137 e. The van der Waals surface area contributed by atoms with Crippen LogP contribution in [-0.4, -0.2) is 19.4 Å². The van der Waals surface area contributed by atoms with E-state index in [4.69, 9.17) is 0 Å². The molecule has 2 heteroatoms. The van der Waals surface area contributed by atoms with Gasteiger partial charge in [-0.25, -0.2) is 0 Å². The standard InChI is InChI=1S/C16H17NO.C2H6/c1-17-16(12-18)11-13-7-9-15(10-8-13)14-5-3-2-4-6-14;1-2/h2-10,12,16-17H,11H2,1H3;1-2H3/t16-;/m0./s1. The monoisotopic (exact) mass is 269 g/mol. The molecular weight excluding hydrogens is 246 g/mol. The Bertz CT molecular complexity index is 491. The molecule has 0 amide bonds. The molecule has 20 heavy (non-hydrogen) atoms. The second kappa shape index (κ2) is 9.05. The minimum absolute atomic E-state index is 0.104. The van der Waals surface area contributed by atoms with E-state index in [0.717, 1.165) is 12.7 Å². The van der Waals surface area contributed by atoms with Gasteiger partial charge in [-0.1, -0.05) is 68.4 Å². The minimum Gasteiger partial charge on any atom is -0.311 e. The molecule has 0 saturated heterocycles. The van der Waals surface area contributed by atoms with E-state index in [1.165, 1.54) is 16.7 Å². The fourth-order valence-corrected chi connectivity index (χ4v) is 1.94. The summed E-state index contributed by atoms with van der Waals surface area (Å²) in [5, 5.41) is 2.98. The number of hydrogen-bond acceptors (Lipinski definition) is 2. The fraction of sp³-hybridized carbons (Fsp3) is 0.278. The summed E-state index contributed by atoms with van der Waals surface area (Å²) in [4.78, 5) is 10.8. The van der Waals surface area contributed by atoms with E-state index in [1.54, 1.807) is 7.05 Å². The van der Waals surface area contributed by atoms with Crippen molar-refractivity contribution in [1.82, 2.24) is 5.32 Å². The Labute approximate surface area is 121 Å². The van der Waals surface area contributed by atoms with Crippen molar-refractivity contribution in [3.63, 3.8) is 0 Å². The van der Waals surface area contributed by atoms with Crippen LogP contribution < -0.4 is 5.32 Å². The number of likely N-dealkylation sites (N-methyl/N-ethyl adjacent to an activating group) is 1. The first kappa shape index (κ1) is 16.1. The molecule has 0 unspecified atom stereocenters. The van der Waals surface area contributed by atoms with Crippen molar-refractivity contribution in [2.24, 2.45) is 0 Å². The van der Waals surface area contributed by atoms with E-state index in [2.05, 4.69) is 41.7 Å². The predicted octanol–water partition coefficient (Wildman–Crippen LogP) is 3.71. The average molecular weight is 269 g/mol. The summed E-state index contributed by atoms with van der Waals surface area (Å²) in [6, 6.07) is 18.5. The van der Waals surface area contributed by atoms with Crippen LogP contribution in [0.4, 0.5) is 0 Å². The lowest BCUT2D eigenvalue weighted by molar-refractivity contribution is -0.109. The maximum absolute atomic E-state index is 10.8. The van der Waals surface area contributed by atoms with Crippen molar-refractivity contribution in [3.05, 3.63) is 60.2 Å².